The van der Waals surface area contributed by atoms with Crippen LogP contribution in [0.25, 0.3) is 0 Å². The highest BCUT2D eigenvalue weighted by Crippen LogP contribution is 2.25. The third-order valence-electron chi connectivity index (χ3n) is 5.24. The van der Waals surface area contributed by atoms with Crippen LogP contribution in [-0.4, -0.2) is 48.3 Å². The van der Waals surface area contributed by atoms with Crippen LogP contribution in [0.2, 0.25) is 0 Å². The van der Waals surface area contributed by atoms with Crippen molar-refractivity contribution < 1.29 is 23.9 Å². The first-order valence-electron chi connectivity index (χ1n) is 10.2. The molecule has 0 spiro atoms. The molecule has 3 rings (SSSR count). The van der Waals surface area contributed by atoms with E-state index in [0.29, 0.717) is 24.6 Å². The Kier molecular flexibility index (Phi) is 6.53. The molecule has 7 nitrogen and oxygen atoms in total. The third kappa shape index (κ3) is 4.66. The summed E-state index contributed by atoms with van der Waals surface area (Å²) in [5, 5.41) is 0. The summed E-state index contributed by atoms with van der Waals surface area (Å²) in [5.74, 6) is -1.53. The van der Waals surface area contributed by atoms with Crippen molar-refractivity contribution in [3.05, 3.63) is 65.2 Å². The van der Waals surface area contributed by atoms with Crippen molar-refractivity contribution in [3.8, 4) is 0 Å². The molecule has 0 aliphatic carbocycles. The number of carbonyl (C=O) groups excluding carboxylic acids is 4. The number of fused-ring (bicyclic) bond motifs is 1. The Bertz CT molecular complexity index is 1020. The van der Waals surface area contributed by atoms with Crippen LogP contribution in [0.1, 0.15) is 58.3 Å². The minimum Gasteiger partial charge on any atom is -0.449 e. The molecule has 1 atom stereocenters. The van der Waals surface area contributed by atoms with Crippen molar-refractivity contribution >= 4 is 29.4 Å². The van der Waals surface area contributed by atoms with Gasteiger partial charge in [0.25, 0.3) is 17.7 Å². The van der Waals surface area contributed by atoms with Gasteiger partial charge in [-0.1, -0.05) is 32.0 Å². The van der Waals surface area contributed by atoms with E-state index < -0.39 is 18.0 Å². The monoisotopic (exact) mass is 422 g/mol. The highest BCUT2D eigenvalue weighted by molar-refractivity contribution is 6.22. The average Bonchev–Trinajstić information content (AvgIpc) is 3.00. The van der Waals surface area contributed by atoms with Crippen LogP contribution in [0.5, 0.6) is 0 Å². The van der Waals surface area contributed by atoms with Crippen molar-refractivity contribution in [1.82, 2.24) is 4.90 Å². The van der Waals surface area contributed by atoms with Crippen molar-refractivity contribution in [2.24, 2.45) is 5.92 Å². The molecule has 0 N–H and O–H groups in total. The van der Waals surface area contributed by atoms with Crippen LogP contribution < -0.4 is 4.90 Å². The van der Waals surface area contributed by atoms with Gasteiger partial charge in [0.05, 0.1) is 16.7 Å². The van der Waals surface area contributed by atoms with Crippen LogP contribution in [0.3, 0.4) is 0 Å². The normalized spacial score (nSPS) is 13.9. The largest absolute Gasteiger partial charge is 0.449 e. The molecule has 31 heavy (non-hydrogen) atoms. The lowest BCUT2D eigenvalue weighted by Gasteiger charge is -2.21. The van der Waals surface area contributed by atoms with Gasteiger partial charge in [-0.2, -0.15) is 0 Å². The number of carbonyl (C=O) groups is 4. The number of para-hydroxylation sites is 1. The van der Waals surface area contributed by atoms with E-state index in [1.54, 1.807) is 19.2 Å². The molecule has 162 valence electrons. The second-order valence-corrected chi connectivity index (χ2v) is 7.99. The summed E-state index contributed by atoms with van der Waals surface area (Å²) >= 11 is 0. The smallest absolute Gasteiger partial charge is 0.338 e. The maximum absolute atomic E-state index is 12.7. The number of imide groups is 1. The molecule has 0 radical (unpaired) electrons. The number of esters is 1. The minimum atomic E-state index is -1.02. The topological polar surface area (TPSA) is 84.0 Å². The van der Waals surface area contributed by atoms with Gasteiger partial charge in [-0.3, -0.25) is 19.3 Å². The zero-order valence-electron chi connectivity index (χ0n) is 18.1. The lowest BCUT2D eigenvalue weighted by atomic mass is 10.1. The van der Waals surface area contributed by atoms with Gasteiger partial charge in [-0.05, 0) is 49.6 Å². The molecule has 3 amide bonds. The second-order valence-electron chi connectivity index (χ2n) is 7.99. The standard InChI is InChI=1S/C24H26N2O5/c1-15(2)12-13-26-22(28)19-11-10-17(14-20(19)23(26)29)24(30)31-16(3)21(27)25(4)18-8-6-5-7-9-18/h5-11,14-16H,12-13H2,1-4H3. The Balaban J connectivity index is 1.71. The molecular weight excluding hydrogens is 396 g/mol. The van der Waals surface area contributed by atoms with Gasteiger partial charge in [0.1, 0.15) is 0 Å². The van der Waals surface area contributed by atoms with E-state index in [1.807, 2.05) is 32.0 Å². The molecule has 1 aliphatic heterocycles. The SMILES string of the molecule is CC(C)CCN1C(=O)c2ccc(C(=O)OC(C)C(=O)N(C)c3ccccc3)cc2C1=O. The first kappa shape index (κ1) is 22.2. The van der Waals surface area contributed by atoms with Crippen LogP contribution in [0.4, 0.5) is 5.69 Å². The van der Waals surface area contributed by atoms with Gasteiger partial charge < -0.3 is 9.64 Å². The first-order chi connectivity index (χ1) is 14.7. The van der Waals surface area contributed by atoms with E-state index in [4.69, 9.17) is 4.74 Å². The van der Waals surface area contributed by atoms with Crippen LogP contribution in [0.15, 0.2) is 48.5 Å². The van der Waals surface area contributed by atoms with Gasteiger partial charge in [0.2, 0.25) is 0 Å². The maximum atomic E-state index is 12.7. The molecule has 7 heteroatoms. The van der Waals surface area contributed by atoms with E-state index in [0.717, 1.165) is 0 Å². The summed E-state index contributed by atoms with van der Waals surface area (Å²) in [7, 11) is 1.60. The summed E-state index contributed by atoms with van der Waals surface area (Å²) in [6, 6.07) is 13.3. The van der Waals surface area contributed by atoms with Crippen molar-refractivity contribution in [3.63, 3.8) is 0 Å². The molecule has 1 aliphatic rings. The molecule has 0 fully saturated rings. The summed E-state index contributed by atoms with van der Waals surface area (Å²) in [6.07, 6.45) is -0.319. The van der Waals surface area contributed by atoms with E-state index >= 15 is 0 Å². The van der Waals surface area contributed by atoms with Crippen LogP contribution in [0, 0.1) is 5.92 Å². The summed E-state index contributed by atoms with van der Waals surface area (Å²) < 4.78 is 5.33. The van der Waals surface area contributed by atoms with Crippen LogP contribution in [-0.2, 0) is 9.53 Å². The number of anilines is 1. The number of ether oxygens (including phenoxy) is 1. The fourth-order valence-corrected chi connectivity index (χ4v) is 3.34. The first-order valence-corrected chi connectivity index (χ1v) is 10.2. The number of hydrogen-bond acceptors (Lipinski definition) is 5. The van der Waals surface area contributed by atoms with Crippen molar-refractivity contribution in [1.29, 1.82) is 0 Å². The van der Waals surface area contributed by atoms with E-state index in [2.05, 4.69) is 0 Å². The highest BCUT2D eigenvalue weighted by Gasteiger charge is 2.36. The number of likely N-dealkylation sites (N-methyl/N-ethyl adjacent to an activating group) is 1. The molecule has 1 heterocycles. The summed E-state index contributed by atoms with van der Waals surface area (Å²) in [4.78, 5) is 53.0. The molecule has 0 saturated heterocycles. The lowest BCUT2D eigenvalue weighted by molar-refractivity contribution is -0.126. The van der Waals surface area contributed by atoms with E-state index in [9.17, 15) is 19.2 Å². The summed E-state index contributed by atoms with van der Waals surface area (Å²) in [6.45, 7) is 5.87. The number of benzene rings is 2. The molecule has 2 aromatic carbocycles. The third-order valence-corrected chi connectivity index (χ3v) is 5.24. The molecule has 2 aromatic rings. The zero-order chi connectivity index (χ0) is 22.7. The number of nitrogens with zero attached hydrogens (tertiary/aromatic N) is 2. The summed E-state index contributed by atoms with van der Waals surface area (Å²) in [5.41, 5.74) is 1.26. The molecule has 0 saturated carbocycles. The minimum absolute atomic E-state index is 0.118. The Hall–Kier alpha value is -3.48. The molecule has 0 bridgehead atoms. The molecule has 0 aromatic heterocycles. The quantitative estimate of drug-likeness (QED) is 0.503. The Morgan fingerprint density at radius 3 is 2.26 bits per heavy atom. The Labute approximate surface area is 181 Å². The molecular formula is C24H26N2O5. The predicted molar refractivity (Wildman–Crippen MR) is 116 cm³/mol. The number of amides is 3. The number of rotatable bonds is 7. The average molecular weight is 422 g/mol. The van der Waals surface area contributed by atoms with Gasteiger partial charge in [0, 0.05) is 19.3 Å². The van der Waals surface area contributed by atoms with Crippen LogP contribution >= 0.6 is 0 Å². The Morgan fingerprint density at radius 1 is 0.968 bits per heavy atom. The van der Waals surface area contributed by atoms with E-state index in [1.165, 1.54) is 34.9 Å². The predicted octanol–water partition coefficient (Wildman–Crippen LogP) is 3.54. The lowest BCUT2D eigenvalue weighted by Crippen LogP contribution is -2.37. The number of hydrogen-bond donors (Lipinski definition) is 0. The zero-order valence-corrected chi connectivity index (χ0v) is 18.1. The van der Waals surface area contributed by atoms with Crippen molar-refractivity contribution in [2.45, 2.75) is 33.3 Å². The van der Waals surface area contributed by atoms with Gasteiger partial charge >= 0.3 is 5.97 Å². The maximum Gasteiger partial charge on any atom is 0.338 e. The fourth-order valence-electron chi connectivity index (χ4n) is 3.34. The fraction of sp³-hybridized carbons (Fsp3) is 0.333. The van der Waals surface area contributed by atoms with Gasteiger partial charge in [-0.25, -0.2) is 4.79 Å². The highest BCUT2D eigenvalue weighted by atomic mass is 16.5. The van der Waals surface area contributed by atoms with E-state index in [-0.39, 0.29) is 28.5 Å². The van der Waals surface area contributed by atoms with Crippen molar-refractivity contribution in [2.75, 3.05) is 18.5 Å². The molecule has 1 unspecified atom stereocenters. The Morgan fingerprint density at radius 2 is 1.61 bits per heavy atom. The van der Waals surface area contributed by atoms with Gasteiger partial charge in [-0.15, -0.1) is 0 Å². The van der Waals surface area contributed by atoms with Gasteiger partial charge in [0.15, 0.2) is 6.10 Å². The second kappa shape index (κ2) is 9.12.